The molecule has 1 aromatic heterocycles. The first-order valence-corrected chi connectivity index (χ1v) is 5.82. The number of rotatable bonds is 3. The maximum Gasteiger partial charge on any atom is 0.431 e. The van der Waals surface area contributed by atoms with E-state index >= 15 is 0 Å². The molecule has 0 bridgehead atoms. The maximum atomic E-state index is 13.0. The van der Waals surface area contributed by atoms with E-state index in [1.165, 1.54) is 0 Å². The van der Waals surface area contributed by atoms with Crippen LogP contribution in [-0.2, 0) is 12.6 Å². The Balaban J connectivity index is 2.62. The molecule has 0 aliphatic heterocycles. The van der Waals surface area contributed by atoms with E-state index in [0.717, 1.165) is 5.56 Å². The van der Waals surface area contributed by atoms with Gasteiger partial charge in [0.2, 0.25) is 0 Å². The van der Waals surface area contributed by atoms with Crippen molar-refractivity contribution in [3.05, 3.63) is 35.0 Å². The Morgan fingerprint density at radius 1 is 1.28 bits per heavy atom. The molecule has 0 saturated heterocycles. The summed E-state index contributed by atoms with van der Waals surface area (Å²) in [6.07, 6.45) is -3.46. The van der Waals surface area contributed by atoms with Gasteiger partial charge < -0.3 is 10.7 Å². The molecule has 0 spiro atoms. The molecule has 1 aromatic carbocycles. The lowest BCUT2D eigenvalue weighted by Crippen LogP contribution is -2.10. The maximum absolute atomic E-state index is 13.0. The highest BCUT2D eigenvalue weighted by molar-refractivity contribution is 5.85. The summed E-state index contributed by atoms with van der Waals surface area (Å²) in [5.41, 5.74) is 6.55. The van der Waals surface area contributed by atoms with Gasteiger partial charge >= 0.3 is 6.18 Å². The lowest BCUT2D eigenvalue weighted by molar-refractivity contribution is -0.141. The van der Waals surface area contributed by atoms with Gasteiger partial charge in [0.25, 0.3) is 0 Å². The van der Waals surface area contributed by atoms with Gasteiger partial charge in [0, 0.05) is 10.9 Å². The van der Waals surface area contributed by atoms with Crippen molar-refractivity contribution in [2.24, 2.45) is 5.73 Å². The van der Waals surface area contributed by atoms with E-state index < -0.39 is 11.9 Å². The highest BCUT2D eigenvalue weighted by Gasteiger charge is 2.36. The van der Waals surface area contributed by atoms with Crippen molar-refractivity contribution in [1.82, 2.24) is 4.98 Å². The standard InChI is InChI=1S/C13H15F3N2/c1-8-4-5-11-10(7-8)9(3-2-6-17)12(18-11)13(14,15)16/h4-5,7,18H,2-3,6,17H2,1H3. The van der Waals surface area contributed by atoms with Gasteiger partial charge in [-0.25, -0.2) is 0 Å². The molecule has 0 fully saturated rings. The van der Waals surface area contributed by atoms with Gasteiger partial charge in [-0.3, -0.25) is 0 Å². The van der Waals surface area contributed by atoms with Crippen molar-refractivity contribution in [3.8, 4) is 0 Å². The Kier molecular flexibility index (Phi) is 3.34. The smallest absolute Gasteiger partial charge is 0.351 e. The lowest BCUT2D eigenvalue weighted by Gasteiger charge is -2.07. The summed E-state index contributed by atoms with van der Waals surface area (Å²) in [5, 5.41) is 0.649. The van der Waals surface area contributed by atoms with Crippen LogP contribution in [0.4, 0.5) is 13.2 Å². The van der Waals surface area contributed by atoms with Crippen LogP contribution in [0.15, 0.2) is 18.2 Å². The van der Waals surface area contributed by atoms with E-state index in [4.69, 9.17) is 5.73 Å². The van der Waals surface area contributed by atoms with Gasteiger partial charge in [0.15, 0.2) is 0 Å². The summed E-state index contributed by atoms with van der Waals surface area (Å²) < 4.78 is 38.9. The largest absolute Gasteiger partial charge is 0.431 e. The minimum Gasteiger partial charge on any atom is -0.351 e. The fraction of sp³-hybridized carbons (Fsp3) is 0.385. The molecular formula is C13H15F3N2. The first-order valence-electron chi connectivity index (χ1n) is 5.82. The molecule has 3 N–H and O–H groups in total. The second-order valence-corrected chi connectivity index (χ2v) is 4.42. The molecule has 0 unspecified atom stereocenters. The zero-order valence-corrected chi connectivity index (χ0v) is 10.1. The third kappa shape index (κ3) is 2.36. The summed E-state index contributed by atoms with van der Waals surface area (Å²) >= 11 is 0. The van der Waals surface area contributed by atoms with Crippen LogP contribution in [0.5, 0.6) is 0 Å². The van der Waals surface area contributed by atoms with Crippen LogP contribution in [-0.4, -0.2) is 11.5 Å². The molecule has 98 valence electrons. The van der Waals surface area contributed by atoms with E-state index in [2.05, 4.69) is 4.98 Å². The highest BCUT2D eigenvalue weighted by atomic mass is 19.4. The molecule has 0 amide bonds. The number of hydrogen-bond donors (Lipinski definition) is 2. The zero-order valence-electron chi connectivity index (χ0n) is 10.1. The van der Waals surface area contributed by atoms with Crippen LogP contribution >= 0.6 is 0 Å². The van der Waals surface area contributed by atoms with Gasteiger partial charge in [-0.2, -0.15) is 13.2 Å². The second-order valence-electron chi connectivity index (χ2n) is 4.42. The SMILES string of the molecule is Cc1ccc2[nH]c(C(F)(F)F)c(CCCN)c2c1. The Morgan fingerprint density at radius 3 is 2.61 bits per heavy atom. The quantitative estimate of drug-likeness (QED) is 0.868. The fourth-order valence-electron chi connectivity index (χ4n) is 2.14. The van der Waals surface area contributed by atoms with Crippen LogP contribution in [0.1, 0.15) is 23.2 Å². The van der Waals surface area contributed by atoms with Crippen LogP contribution in [0.2, 0.25) is 0 Å². The van der Waals surface area contributed by atoms with Gasteiger partial charge in [0.05, 0.1) is 0 Å². The Labute approximate surface area is 103 Å². The molecule has 1 heterocycles. The summed E-state index contributed by atoms with van der Waals surface area (Å²) in [6.45, 7) is 2.25. The first-order chi connectivity index (χ1) is 8.43. The molecule has 2 nitrogen and oxygen atoms in total. The third-order valence-corrected chi connectivity index (χ3v) is 2.98. The molecule has 2 aromatic rings. The number of nitrogens with two attached hydrogens (primary N) is 1. The van der Waals surface area contributed by atoms with Crippen molar-refractivity contribution in [3.63, 3.8) is 0 Å². The number of H-pyrrole nitrogens is 1. The number of aromatic amines is 1. The number of benzene rings is 1. The Bertz CT molecular complexity index is 555. The molecule has 5 heteroatoms. The van der Waals surface area contributed by atoms with E-state index in [1.807, 2.05) is 6.92 Å². The first kappa shape index (κ1) is 13.0. The summed E-state index contributed by atoms with van der Waals surface area (Å²) in [5.74, 6) is 0. The van der Waals surface area contributed by atoms with Crippen molar-refractivity contribution >= 4 is 10.9 Å². The third-order valence-electron chi connectivity index (χ3n) is 2.98. The van der Waals surface area contributed by atoms with Crippen molar-refractivity contribution < 1.29 is 13.2 Å². The lowest BCUT2D eigenvalue weighted by atomic mass is 10.0. The van der Waals surface area contributed by atoms with Gasteiger partial charge in [0.1, 0.15) is 5.69 Å². The number of hydrogen-bond acceptors (Lipinski definition) is 1. The molecule has 0 atom stereocenters. The molecular weight excluding hydrogens is 241 g/mol. The zero-order chi connectivity index (χ0) is 13.3. The topological polar surface area (TPSA) is 41.8 Å². The van der Waals surface area contributed by atoms with Crippen molar-refractivity contribution in [1.29, 1.82) is 0 Å². The minimum atomic E-state index is -4.35. The predicted octanol–water partition coefficient (Wildman–Crippen LogP) is 3.39. The predicted molar refractivity (Wildman–Crippen MR) is 65.4 cm³/mol. The summed E-state index contributed by atoms with van der Waals surface area (Å²) in [7, 11) is 0. The number of nitrogens with one attached hydrogen (secondary N) is 1. The van der Waals surface area contributed by atoms with E-state index in [-0.39, 0.29) is 0 Å². The summed E-state index contributed by atoms with van der Waals surface area (Å²) in [4.78, 5) is 2.47. The molecule has 0 radical (unpaired) electrons. The number of halogens is 3. The second kappa shape index (κ2) is 4.65. The van der Waals surface area contributed by atoms with E-state index in [9.17, 15) is 13.2 Å². The highest BCUT2D eigenvalue weighted by Crippen LogP contribution is 2.36. The van der Waals surface area contributed by atoms with Crippen LogP contribution in [0.25, 0.3) is 10.9 Å². The number of aryl methyl sites for hydroxylation is 2. The molecule has 2 rings (SSSR count). The number of fused-ring (bicyclic) bond motifs is 1. The molecule has 0 saturated carbocycles. The normalized spacial score (nSPS) is 12.3. The fourth-order valence-corrected chi connectivity index (χ4v) is 2.14. The Hall–Kier alpha value is -1.49. The number of alkyl halides is 3. The molecule has 0 aliphatic rings. The van der Waals surface area contributed by atoms with E-state index in [0.29, 0.717) is 35.9 Å². The van der Waals surface area contributed by atoms with Crippen LogP contribution < -0.4 is 5.73 Å². The Morgan fingerprint density at radius 2 is 2.00 bits per heavy atom. The van der Waals surface area contributed by atoms with E-state index in [1.54, 1.807) is 18.2 Å². The van der Waals surface area contributed by atoms with Gasteiger partial charge in [-0.15, -0.1) is 0 Å². The molecule has 0 aliphatic carbocycles. The average Bonchev–Trinajstić information content (AvgIpc) is 2.64. The number of aromatic nitrogens is 1. The molecule has 18 heavy (non-hydrogen) atoms. The van der Waals surface area contributed by atoms with Crippen molar-refractivity contribution in [2.75, 3.05) is 6.54 Å². The monoisotopic (exact) mass is 256 g/mol. The van der Waals surface area contributed by atoms with Crippen molar-refractivity contribution in [2.45, 2.75) is 25.9 Å². The van der Waals surface area contributed by atoms with Crippen LogP contribution in [0.3, 0.4) is 0 Å². The van der Waals surface area contributed by atoms with Gasteiger partial charge in [-0.1, -0.05) is 11.6 Å². The minimum absolute atomic E-state index is 0.326. The van der Waals surface area contributed by atoms with Gasteiger partial charge in [-0.05, 0) is 44.0 Å². The average molecular weight is 256 g/mol. The van der Waals surface area contributed by atoms with Crippen LogP contribution in [0, 0.1) is 6.92 Å². The summed E-state index contributed by atoms with van der Waals surface area (Å²) in [6, 6.07) is 5.27.